The highest BCUT2D eigenvalue weighted by molar-refractivity contribution is 6.90. The van der Waals surface area contributed by atoms with Gasteiger partial charge in [-0.1, -0.05) is 180 Å². The summed E-state index contributed by atoms with van der Waals surface area (Å²) >= 11 is 0. The van der Waals surface area contributed by atoms with E-state index in [1.165, 1.54) is 111 Å². The molecule has 3 aliphatic rings. The molecule has 11 aromatic rings. The lowest BCUT2D eigenvalue weighted by atomic mass is 9.44. The summed E-state index contributed by atoms with van der Waals surface area (Å²) in [5, 5.41) is 5.11. The van der Waals surface area contributed by atoms with Gasteiger partial charge < -0.3 is 14.3 Å². The molecule has 0 saturated carbocycles. The van der Waals surface area contributed by atoms with Gasteiger partial charge in [0.05, 0.1) is 11.4 Å². The molecule has 0 saturated heterocycles. The van der Waals surface area contributed by atoms with Gasteiger partial charge in [-0.25, -0.2) is 0 Å². The Balaban J connectivity index is 1.18. The summed E-state index contributed by atoms with van der Waals surface area (Å²) < 4.78 is 2.72. The van der Waals surface area contributed by atoms with Crippen LogP contribution in [0.25, 0.3) is 66.0 Å². The van der Waals surface area contributed by atoms with E-state index in [4.69, 9.17) is 0 Å². The fraction of sp³-hybridized carbons (Fsp3) is 0.108. The Morgan fingerprint density at radius 1 is 0.478 bits per heavy atom. The smallest absolute Gasteiger partial charge is 0.333 e. The van der Waals surface area contributed by atoms with Gasteiger partial charge in [-0.3, -0.25) is 0 Å². The highest BCUT2D eigenvalue weighted by Gasteiger charge is 2.48. The number of para-hydroxylation sites is 3. The lowest BCUT2D eigenvalue weighted by Gasteiger charge is -2.43. The molecular formula is C65H50BN3. The molecule has 4 heteroatoms. The first-order valence-corrected chi connectivity index (χ1v) is 24.5. The number of aromatic nitrogens is 1. The van der Waals surface area contributed by atoms with E-state index in [0.29, 0.717) is 0 Å². The number of fused-ring (bicyclic) bond motifs is 12. The topological polar surface area (TPSA) is 11.4 Å². The van der Waals surface area contributed by atoms with Gasteiger partial charge in [0.2, 0.25) is 0 Å². The number of nitrogens with zero attached hydrogens (tertiary/aromatic N) is 3. The molecule has 3 nitrogen and oxygen atoms in total. The summed E-state index contributed by atoms with van der Waals surface area (Å²) in [6.07, 6.45) is 0. The van der Waals surface area contributed by atoms with Crippen LogP contribution in [0.2, 0.25) is 0 Å². The number of benzene rings is 10. The van der Waals surface area contributed by atoms with Crippen molar-refractivity contribution in [3.05, 3.63) is 229 Å². The van der Waals surface area contributed by atoms with E-state index in [2.05, 4.69) is 261 Å². The first-order chi connectivity index (χ1) is 33.6. The summed E-state index contributed by atoms with van der Waals surface area (Å²) in [4.78, 5) is 5.11. The average Bonchev–Trinajstić information content (AvgIpc) is 3.82. The summed E-state index contributed by atoms with van der Waals surface area (Å²) in [6, 6.07) is 79.9. The fourth-order valence-corrected chi connectivity index (χ4v) is 12.4. The zero-order valence-corrected chi connectivity index (χ0v) is 39.6. The SMILES string of the molecule is CC(C)(C)c1ccc(N2c3cc(N(c4ccccc4)c4ccccc4)ccc3B3c4c(cc5c(c42)-c2ccccc2C5(C)C)-c2cccc4c5cc6ccccc6cc5n3c24)c(-c2ccccc2)c1. The maximum absolute atomic E-state index is 2.72. The molecule has 1 aromatic heterocycles. The van der Waals surface area contributed by atoms with Gasteiger partial charge in [-0.15, -0.1) is 0 Å². The van der Waals surface area contributed by atoms with Gasteiger partial charge >= 0.3 is 6.85 Å². The first-order valence-electron chi connectivity index (χ1n) is 24.5. The van der Waals surface area contributed by atoms with Gasteiger partial charge in [0.15, 0.2) is 0 Å². The summed E-state index contributed by atoms with van der Waals surface area (Å²) in [6.45, 7) is 11.7. The maximum atomic E-state index is 2.72. The van der Waals surface area contributed by atoms with E-state index in [0.717, 1.165) is 17.1 Å². The van der Waals surface area contributed by atoms with Gasteiger partial charge in [0.1, 0.15) is 0 Å². The van der Waals surface area contributed by atoms with Crippen molar-refractivity contribution in [2.45, 2.75) is 45.4 Å². The van der Waals surface area contributed by atoms with Crippen LogP contribution in [-0.2, 0) is 10.8 Å². The van der Waals surface area contributed by atoms with Crippen molar-refractivity contribution >= 4 is 84.5 Å². The minimum absolute atomic E-state index is 0.0587. The molecule has 0 fully saturated rings. The molecule has 69 heavy (non-hydrogen) atoms. The third kappa shape index (κ3) is 5.69. The molecule has 10 aromatic carbocycles. The van der Waals surface area contributed by atoms with Crippen LogP contribution in [-0.4, -0.2) is 11.3 Å². The largest absolute Gasteiger partial charge is 0.375 e. The van der Waals surface area contributed by atoms with Gasteiger partial charge in [-0.05, 0) is 127 Å². The number of rotatable bonds is 5. The molecule has 14 rings (SSSR count). The van der Waals surface area contributed by atoms with E-state index >= 15 is 0 Å². The molecule has 0 atom stereocenters. The Bertz CT molecular complexity index is 3880. The average molecular weight is 884 g/mol. The molecular weight excluding hydrogens is 834 g/mol. The second-order valence-electron chi connectivity index (χ2n) is 20.9. The van der Waals surface area contributed by atoms with Crippen molar-refractivity contribution in [1.82, 2.24) is 4.48 Å². The second kappa shape index (κ2) is 14.5. The molecule has 3 heterocycles. The summed E-state index contributed by atoms with van der Waals surface area (Å²) in [7, 11) is 0. The number of hydrogen-bond donors (Lipinski definition) is 0. The Morgan fingerprint density at radius 2 is 1.13 bits per heavy atom. The monoisotopic (exact) mass is 883 g/mol. The lowest BCUT2D eigenvalue weighted by Crippen LogP contribution is -2.57. The van der Waals surface area contributed by atoms with Gasteiger partial charge in [0, 0.05) is 66.7 Å². The van der Waals surface area contributed by atoms with E-state index in [9.17, 15) is 0 Å². The molecule has 0 N–H and O–H groups in total. The third-order valence-electron chi connectivity index (χ3n) is 15.6. The predicted molar refractivity (Wildman–Crippen MR) is 294 cm³/mol. The van der Waals surface area contributed by atoms with Crippen LogP contribution in [0.4, 0.5) is 34.1 Å². The summed E-state index contributed by atoms with van der Waals surface area (Å²) in [5.41, 5.74) is 23.6. The Kier molecular flexibility index (Phi) is 8.39. The van der Waals surface area contributed by atoms with Crippen molar-refractivity contribution in [3.63, 3.8) is 0 Å². The Hall–Kier alpha value is -8.08. The molecule has 0 spiro atoms. The second-order valence-corrected chi connectivity index (χ2v) is 20.9. The van der Waals surface area contributed by atoms with Crippen LogP contribution in [0, 0.1) is 0 Å². The Morgan fingerprint density at radius 3 is 1.86 bits per heavy atom. The van der Waals surface area contributed by atoms with Crippen LogP contribution >= 0.6 is 0 Å². The quantitative estimate of drug-likeness (QED) is 0.160. The molecule has 1 aliphatic carbocycles. The van der Waals surface area contributed by atoms with E-state index in [1.54, 1.807) is 0 Å². The minimum atomic E-state index is -0.244. The predicted octanol–water partition coefficient (Wildman–Crippen LogP) is 16.1. The van der Waals surface area contributed by atoms with Crippen molar-refractivity contribution < 1.29 is 0 Å². The standard InChI is InChI=1S/C65H50BN3/c1-64(2,3)44-32-35-57(51(38-44)41-20-9-6-10-21-41)68-59-39-47(67(45-24-11-7-12-25-45)46-26-13-8-14-27-46)33-34-56(59)66-61-53(40-55-60(63(61)68)50-28-17-18-31-54(50)65(55,4)5)49-30-19-29-48-52-36-42-22-15-16-23-43(42)37-58(52)69(66)62(48)49/h6-40H,1-5H3. The molecule has 0 amide bonds. The highest BCUT2D eigenvalue weighted by Crippen LogP contribution is 2.58. The normalized spacial score (nSPS) is 13.9. The van der Waals surface area contributed by atoms with E-state index < -0.39 is 0 Å². The zero-order chi connectivity index (χ0) is 46.3. The van der Waals surface area contributed by atoms with E-state index in [1.807, 2.05) is 0 Å². The van der Waals surface area contributed by atoms with Crippen molar-refractivity contribution in [2.24, 2.45) is 0 Å². The molecule has 2 aliphatic heterocycles. The van der Waals surface area contributed by atoms with Crippen LogP contribution in [0.5, 0.6) is 0 Å². The maximum Gasteiger partial charge on any atom is 0.333 e. The fourth-order valence-electron chi connectivity index (χ4n) is 12.4. The molecule has 0 bridgehead atoms. The van der Waals surface area contributed by atoms with Crippen molar-refractivity contribution in [1.29, 1.82) is 0 Å². The van der Waals surface area contributed by atoms with Crippen LogP contribution in [0.3, 0.4) is 0 Å². The van der Waals surface area contributed by atoms with Crippen LogP contribution in [0.15, 0.2) is 212 Å². The molecule has 328 valence electrons. The summed E-state index contributed by atoms with van der Waals surface area (Å²) in [5.74, 6) is 0. The first kappa shape index (κ1) is 40.0. The Labute approximate surface area is 404 Å². The van der Waals surface area contributed by atoms with Gasteiger partial charge in [0.25, 0.3) is 0 Å². The van der Waals surface area contributed by atoms with Crippen LogP contribution < -0.4 is 20.7 Å². The van der Waals surface area contributed by atoms with Crippen LogP contribution in [0.1, 0.15) is 51.3 Å². The molecule has 0 radical (unpaired) electrons. The number of anilines is 6. The van der Waals surface area contributed by atoms with Crippen molar-refractivity contribution in [2.75, 3.05) is 9.80 Å². The van der Waals surface area contributed by atoms with Crippen molar-refractivity contribution in [3.8, 4) is 33.4 Å². The highest BCUT2D eigenvalue weighted by atomic mass is 15.2. The molecule has 0 unspecified atom stereocenters. The van der Waals surface area contributed by atoms with Gasteiger partial charge in [-0.2, -0.15) is 0 Å². The lowest BCUT2D eigenvalue weighted by molar-refractivity contribution is 0.590. The minimum Gasteiger partial charge on any atom is -0.375 e. The number of hydrogen-bond acceptors (Lipinski definition) is 2. The third-order valence-corrected chi connectivity index (χ3v) is 15.6. The zero-order valence-electron chi connectivity index (χ0n) is 39.6. The van der Waals surface area contributed by atoms with E-state index in [-0.39, 0.29) is 17.7 Å².